The Hall–Kier alpha value is -1.56. The van der Waals surface area contributed by atoms with Crippen molar-refractivity contribution >= 4 is 23.3 Å². The van der Waals surface area contributed by atoms with Crippen LogP contribution in [0.3, 0.4) is 0 Å². The Bertz CT molecular complexity index is 562. The van der Waals surface area contributed by atoms with Gasteiger partial charge in [-0.25, -0.2) is 4.79 Å². The normalized spacial score (nSPS) is 19.2. The van der Waals surface area contributed by atoms with Crippen molar-refractivity contribution in [3.63, 3.8) is 0 Å². The van der Waals surface area contributed by atoms with Crippen molar-refractivity contribution in [1.82, 2.24) is 9.80 Å². The van der Waals surface area contributed by atoms with Gasteiger partial charge in [-0.1, -0.05) is 0 Å². The zero-order chi connectivity index (χ0) is 16.5. The number of aryl methyl sites for hydroxylation is 1. The van der Waals surface area contributed by atoms with Crippen LogP contribution < -0.4 is 0 Å². The maximum atomic E-state index is 12.5. The Morgan fingerprint density at radius 3 is 2.50 bits per heavy atom. The molecule has 5 nitrogen and oxygen atoms in total. The molecule has 1 aliphatic rings. The fourth-order valence-corrected chi connectivity index (χ4v) is 3.36. The van der Waals surface area contributed by atoms with Crippen molar-refractivity contribution in [2.45, 2.75) is 46.3 Å². The van der Waals surface area contributed by atoms with Gasteiger partial charge in [-0.15, -0.1) is 11.3 Å². The number of hydrogen-bond donors (Lipinski definition) is 0. The molecule has 0 unspecified atom stereocenters. The van der Waals surface area contributed by atoms with Gasteiger partial charge in [0.15, 0.2) is 0 Å². The number of piperazine rings is 1. The van der Waals surface area contributed by atoms with Crippen LogP contribution in [0, 0.1) is 6.92 Å². The topological polar surface area (TPSA) is 49.9 Å². The van der Waals surface area contributed by atoms with Gasteiger partial charge in [0, 0.05) is 25.7 Å². The number of rotatable bonds is 1. The molecule has 0 bridgehead atoms. The van der Waals surface area contributed by atoms with Crippen LogP contribution in [0.25, 0.3) is 0 Å². The maximum absolute atomic E-state index is 12.5. The number of nitrogens with zero attached hydrogens (tertiary/aromatic N) is 2. The van der Waals surface area contributed by atoms with Crippen LogP contribution in [0.2, 0.25) is 0 Å². The molecule has 1 fully saturated rings. The minimum Gasteiger partial charge on any atom is -0.444 e. The number of carbonyl (C=O) groups excluding carboxylic acids is 2. The van der Waals surface area contributed by atoms with Crippen molar-refractivity contribution < 1.29 is 14.3 Å². The SMILES string of the molecule is Cc1ccsc1C(=O)N1CCN(C(=O)OC(C)(C)C)[C@H](C)C1. The summed E-state index contributed by atoms with van der Waals surface area (Å²) in [6.45, 7) is 11.1. The van der Waals surface area contributed by atoms with Gasteiger partial charge >= 0.3 is 6.09 Å². The summed E-state index contributed by atoms with van der Waals surface area (Å²) < 4.78 is 5.42. The molecule has 1 saturated heterocycles. The summed E-state index contributed by atoms with van der Waals surface area (Å²) in [5.41, 5.74) is 0.509. The second-order valence-corrected chi connectivity index (χ2v) is 7.62. The predicted octanol–water partition coefficient (Wildman–Crippen LogP) is 3.14. The number of ether oxygens (including phenoxy) is 1. The Morgan fingerprint density at radius 2 is 2.00 bits per heavy atom. The van der Waals surface area contributed by atoms with Gasteiger partial charge in [0.05, 0.1) is 4.88 Å². The van der Waals surface area contributed by atoms with Crippen LogP contribution in [-0.4, -0.2) is 53.1 Å². The average molecular weight is 324 g/mol. The summed E-state index contributed by atoms with van der Waals surface area (Å²) in [6.07, 6.45) is -0.306. The van der Waals surface area contributed by atoms with E-state index in [0.717, 1.165) is 10.4 Å². The second kappa shape index (κ2) is 6.28. The fraction of sp³-hybridized carbons (Fsp3) is 0.625. The van der Waals surface area contributed by atoms with E-state index in [1.54, 1.807) is 4.90 Å². The molecule has 1 aromatic heterocycles. The van der Waals surface area contributed by atoms with Gasteiger partial charge in [0.2, 0.25) is 0 Å². The maximum Gasteiger partial charge on any atom is 0.410 e. The molecule has 0 radical (unpaired) electrons. The molecule has 2 heterocycles. The third kappa shape index (κ3) is 3.80. The highest BCUT2D eigenvalue weighted by molar-refractivity contribution is 7.12. The van der Waals surface area contributed by atoms with Crippen molar-refractivity contribution in [3.05, 3.63) is 21.9 Å². The molecule has 0 N–H and O–H groups in total. The van der Waals surface area contributed by atoms with Gasteiger partial charge in [-0.2, -0.15) is 0 Å². The van der Waals surface area contributed by atoms with E-state index in [4.69, 9.17) is 4.74 Å². The number of thiophene rings is 1. The minimum absolute atomic E-state index is 0.0483. The Kier molecular flexibility index (Phi) is 4.80. The highest BCUT2D eigenvalue weighted by Crippen LogP contribution is 2.21. The number of carbonyl (C=O) groups is 2. The van der Waals surface area contributed by atoms with Gasteiger partial charge in [-0.3, -0.25) is 4.79 Å². The lowest BCUT2D eigenvalue weighted by Gasteiger charge is -2.40. The van der Waals surface area contributed by atoms with E-state index in [0.29, 0.717) is 19.6 Å². The summed E-state index contributed by atoms with van der Waals surface area (Å²) in [6, 6.07) is 1.91. The lowest BCUT2D eigenvalue weighted by molar-refractivity contribution is 0.00204. The molecular formula is C16H24N2O3S. The van der Waals surface area contributed by atoms with Crippen LogP contribution in [0.5, 0.6) is 0 Å². The molecular weight excluding hydrogens is 300 g/mol. The van der Waals surface area contributed by atoms with E-state index >= 15 is 0 Å². The second-order valence-electron chi connectivity index (χ2n) is 6.71. The summed E-state index contributed by atoms with van der Waals surface area (Å²) in [7, 11) is 0. The van der Waals surface area contributed by atoms with E-state index in [9.17, 15) is 9.59 Å². The quantitative estimate of drug-likeness (QED) is 0.797. The summed E-state index contributed by atoms with van der Waals surface area (Å²) in [5, 5.41) is 1.93. The molecule has 122 valence electrons. The van der Waals surface area contributed by atoms with Crippen molar-refractivity contribution in [3.8, 4) is 0 Å². The van der Waals surface area contributed by atoms with E-state index in [-0.39, 0.29) is 18.0 Å². The molecule has 2 amide bonds. The summed E-state index contributed by atoms with van der Waals surface area (Å²) in [4.78, 5) is 29.0. The predicted molar refractivity (Wildman–Crippen MR) is 87.4 cm³/mol. The molecule has 2 rings (SSSR count). The molecule has 6 heteroatoms. The average Bonchev–Trinajstić information content (AvgIpc) is 2.81. The van der Waals surface area contributed by atoms with Crippen molar-refractivity contribution in [2.75, 3.05) is 19.6 Å². The zero-order valence-electron chi connectivity index (χ0n) is 13.9. The molecule has 1 aliphatic heterocycles. The summed E-state index contributed by atoms with van der Waals surface area (Å²) in [5.74, 6) is 0.0585. The smallest absolute Gasteiger partial charge is 0.410 e. The molecule has 22 heavy (non-hydrogen) atoms. The number of hydrogen-bond acceptors (Lipinski definition) is 4. The molecule has 0 aliphatic carbocycles. The Morgan fingerprint density at radius 1 is 1.32 bits per heavy atom. The monoisotopic (exact) mass is 324 g/mol. The van der Waals surface area contributed by atoms with Crippen molar-refractivity contribution in [1.29, 1.82) is 0 Å². The van der Waals surface area contributed by atoms with Crippen LogP contribution in [-0.2, 0) is 4.74 Å². The van der Waals surface area contributed by atoms with Gasteiger partial charge < -0.3 is 14.5 Å². The zero-order valence-corrected chi connectivity index (χ0v) is 14.7. The van der Waals surface area contributed by atoms with Crippen LogP contribution in [0.1, 0.15) is 42.9 Å². The van der Waals surface area contributed by atoms with Gasteiger partial charge in [0.25, 0.3) is 5.91 Å². The van der Waals surface area contributed by atoms with Gasteiger partial charge in [-0.05, 0) is 51.6 Å². The molecule has 1 atom stereocenters. The first-order valence-corrected chi connectivity index (χ1v) is 8.40. The Labute approximate surface area is 135 Å². The third-order valence-electron chi connectivity index (χ3n) is 3.60. The lowest BCUT2D eigenvalue weighted by atomic mass is 10.1. The minimum atomic E-state index is -0.502. The van der Waals surface area contributed by atoms with E-state index in [2.05, 4.69) is 0 Å². The standard InChI is InChI=1S/C16H24N2O3S/c1-11-6-9-22-13(11)14(19)17-7-8-18(12(2)10-17)15(20)21-16(3,4)5/h6,9,12H,7-8,10H2,1-5H3/t12-/m1/s1. The van der Waals surface area contributed by atoms with Crippen molar-refractivity contribution in [2.24, 2.45) is 0 Å². The highest BCUT2D eigenvalue weighted by Gasteiger charge is 2.33. The summed E-state index contributed by atoms with van der Waals surface area (Å²) >= 11 is 1.47. The molecule has 0 aromatic carbocycles. The molecule has 0 saturated carbocycles. The molecule has 0 spiro atoms. The van der Waals surface area contributed by atoms with E-state index < -0.39 is 5.60 Å². The lowest BCUT2D eigenvalue weighted by Crippen LogP contribution is -2.56. The fourth-order valence-electron chi connectivity index (χ4n) is 2.47. The molecule has 1 aromatic rings. The highest BCUT2D eigenvalue weighted by atomic mass is 32.1. The third-order valence-corrected chi connectivity index (χ3v) is 4.60. The Balaban J connectivity index is 2.00. The van der Waals surface area contributed by atoms with E-state index in [1.807, 2.05) is 51.0 Å². The first-order valence-electron chi connectivity index (χ1n) is 7.52. The largest absolute Gasteiger partial charge is 0.444 e. The number of amides is 2. The first-order chi connectivity index (χ1) is 10.2. The van der Waals surface area contributed by atoms with Crippen LogP contribution >= 0.6 is 11.3 Å². The van der Waals surface area contributed by atoms with Crippen LogP contribution in [0.15, 0.2) is 11.4 Å². The van der Waals surface area contributed by atoms with Crippen LogP contribution in [0.4, 0.5) is 4.79 Å². The first kappa shape index (κ1) is 16.8. The van der Waals surface area contributed by atoms with E-state index in [1.165, 1.54) is 11.3 Å². The van der Waals surface area contributed by atoms with Gasteiger partial charge in [0.1, 0.15) is 5.60 Å².